The third-order valence-corrected chi connectivity index (χ3v) is 2.76. The summed E-state index contributed by atoms with van der Waals surface area (Å²) in [6, 6.07) is 3.71. The Morgan fingerprint density at radius 1 is 1.50 bits per heavy atom. The summed E-state index contributed by atoms with van der Waals surface area (Å²) in [7, 11) is 0. The van der Waals surface area contributed by atoms with Crippen LogP contribution in [0, 0.1) is 6.92 Å². The fourth-order valence-corrected chi connectivity index (χ4v) is 1.97. The zero-order chi connectivity index (χ0) is 13.0. The van der Waals surface area contributed by atoms with Crippen molar-refractivity contribution in [2.45, 2.75) is 24.0 Å². The molecule has 0 aromatic carbocycles. The van der Waals surface area contributed by atoms with Gasteiger partial charge >= 0.3 is 11.9 Å². The second-order valence-corrected chi connectivity index (χ2v) is 4.35. The van der Waals surface area contributed by atoms with E-state index < -0.39 is 5.97 Å². The first-order valence-corrected chi connectivity index (χ1v) is 6.12. The van der Waals surface area contributed by atoms with Gasteiger partial charge in [0.1, 0.15) is 0 Å². The number of aromatic nitrogens is 3. The summed E-state index contributed by atoms with van der Waals surface area (Å²) in [5.74, 6) is -0.743. The van der Waals surface area contributed by atoms with Gasteiger partial charge in [0.15, 0.2) is 0 Å². The lowest BCUT2D eigenvalue weighted by Crippen LogP contribution is -2.04. The van der Waals surface area contributed by atoms with Crippen LogP contribution in [0.25, 0.3) is 0 Å². The number of carbonyl (C=O) groups is 1. The van der Waals surface area contributed by atoms with E-state index in [2.05, 4.69) is 15.2 Å². The van der Waals surface area contributed by atoms with Crippen molar-refractivity contribution in [2.24, 2.45) is 0 Å². The van der Waals surface area contributed by atoms with E-state index in [-0.39, 0.29) is 12.5 Å². The number of esters is 1. The minimum absolute atomic E-state index is 0.134. The fourth-order valence-electron chi connectivity index (χ4n) is 1.21. The molecule has 6 nitrogen and oxygen atoms in total. The molecule has 2 aromatic rings. The fraction of sp³-hybridized carbons (Fsp3) is 0.273. The molecule has 94 valence electrons. The Morgan fingerprint density at radius 2 is 2.33 bits per heavy atom. The standard InChI is InChI=1S/C11H11N3O3S/c1-3-16-10(15)9-13-14-11(17-9)18-8-4-5-12-7(2)6-8/h4-6H,3H2,1-2H3. The molecule has 0 bridgehead atoms. The van der Waals surface area contributed by atoms with Gasteiger partial charge in [-0.3, -0.25) is 4.98 Å². The highest BCUT2D eigenvalue weighted by Crippen LogP contribution is 2.26. The van der Waals surface area contributed by atoms with Crippen molar-refractivity contribution >= 4 is 17.7 Å². The molecule has 2 aromatic heterocycles. The van der Waals surface area contributed by atoms with Crippen LogP contribution in [-0.2, 0) is 4.74 Å². The second-order valence-electron chi connectivity index (χ2n) is 3.33. The highest BCUT2D eigenvalue weighted by Gasteiger charge is 2.16. The summed E-state index contributed by atoms with van der Waals surface area (Å²) in [4.78, 5) is 16.3. The lowest BCUT2D eigenvalue weighted by atomic mass is 10.4. The highest BCUT2D eigenvalue weighted by atomic mass is 32.2. The summed E-state index contributed by atoms with van der Waals surface area (Å²) in [6.07, 6.45) is 1.69. The Kier molecular flexibility index (Phi) is 3.93. The van der Waals surface area contributed by atoms with E-state index in [1.54, 1.807) is 13.1 Å². The van der Waals surface area contributed by atoms with Gasteiger partial charge in [-0.25, -0.2) is 4.79 Å². The topological polar surface area (TPSA) is 78.1 Å². The summed E-state index contributed by atoms with van der Waals surface area (Å²) in [5, 5.41) is 7.69. The number of nitrogens with zero attached hydrogens (tertiary/aromatic N) is 3. The molecule has 0 atom stereocenters. The SMILES string of the molecule is CCOC(=O)c1nnc(Sc2ccnc(C)c2)o1. The number of hydrogen-bond donors (Lipinski definition) is 0. The van der Waals surface area contributed by atoms with Crippen molar-refractivity contribution in [3.8, 4) is 0 Å². The van der Waals surface area contributed by atoms with Crippen LogP contribution in [0.1, 0.15) is 23.3 Å². The van der Waals surface area contributed by atoms with Gasteiger partial charge in [-0.2, -0.15) is 0 Å². The van der Waals surface area contributed by atoms with E-state index in [9.17, 15) is 4.79 Å². The lowest BCUT2D eigenvalue weighted by molar-refractivity contribution is 0.0475. The van der Waals surface area contributed by atoms with E-state index in [1.807, 2.05) is 19.1 Å². The van der Waals surface area contributed by atoms with Crippen LogP contribution in [0.3, 0.4) is 0 Å². The van der Waals surface area contributed by atoms with Crippen molar-refractivity contribution < 1.29 is 13.9 Å². The Labute approximate surface area is 108 Å². The molecule has 2 heterocycles. The monoisotopic (exact) mass is 265 g/mol. The Balaban J connectivity index is 2.09. The van der Waals surface area contributed by atoms with Gasteiger partial charge in [-0.05, 0) is 37.7 Å². The molecule has 0 unspecified atom stereocenters. The van der Waals surface area contributed by atoms with E-state index >= 15 is 0 Å². The normalized spacial score (nSPS) is 10.3. The molecule has 2 rings (SSSR count). The van der Waals surface area contributed by atoms with Gasteiger partial charge < -0.3 is 9.15 Å². The third-order valence-electron chi connectivity index (χ3n) is 1.93. The predicted molar refractivity (Wildman–Crippen MR) is 63.4 cm³/mol. The van der Waals surface area contributed by atoms with Crippen molar-refractivity contribution in [1.82, 2.24) is 15.2 Å². The van der Waals surface area contributed by atoms with E-state index in [0.29, 0.717) is 5.22 Å². The third kappa shape index (κ3) is 3.07. The molecule has 0 aliphatic carbocycles. The van der Waals surface area contributed by atoms with Gasteiger partial charge in [0.2, 0.25) is 0 Å². The van der Waals surface area contributed by atoms with Crippen LogP contribution in [0.15, 0.2) is 32.9 Å². The Morgan fingerprint density at radius 3 is 3.06 bits per heavy atom. The quantitative estimate of drug-likeness (QED) is 0.783. The van der Waals surface area contributed by atoms with Gasteiger partial charge in [0, 0.05) is 16.8 Å². The maximum absolute atomic E-state index is 11.3. The van der Waals surface area contributed by atoms with Gasteiger partial charge in [-0.1, -0.05) is 5.10 Å². The molecule has 0 radical (unpaired) electrons. The van der Waals surface area contributed by atoms with Crippen molar-refractivity contribution in [3.63, 3.8) is 0 Å². The first kappa shape index (κ1) is 12.6. The predicted octanol–water partition coefficient (Wildman–Crippen LogP) is 2.10. The minimum atomic E-state index is -0.609. The molecular weight excluding hydrogens is 254 g/mol. The number of aryl methyl sites for hydroxylation is 1. The average Bonchev–Trinajstić information content (AvgIpc) is 2.78. The van der Waals surface area contributed by atoms with Crippen molar-refractivity contribution in [3.05, 3.63) is 29.9 Å². The summed E-state index contributed by atoms with van der Waals surface area (Å²) in [5.41, 5.74) is 0.894. The van der Waals surface area contributed by atoms with Crippen molar-refractivity contribution in [2.75, 3.05) is 6.61 Å². The first-order valence-electron chi connectivity index (χ1n) is 5.30. The molecule has 0 aliphatic rings. The first-order chi connectivity index (χ1) is 8.69. The lowest BCUT2D eigenvalue weighted by Gasteiger charge is -1.97. The maximum Gasteiger partial charge on any atom is 0.396 e. The van der Waals surface area contributed by atoms with Crippen LogP contribution in [0.2, 0.25) is 0 Å². The van der Waals surface area contributed by atoms with Gasteiger partial charge in [-0.15, -0.1) is 5.10 Å². The summed E-state index contributed by atoms with van der Waals surface area (Å²) in [6.45, 7) is 3.87. The van der Waals surface area contributed by atoms with Crippen LogP contribution < -0.4 is 0 Å². The smallest absolute Gasteiger partial charge is 0.396 e. The molecule has 0 spiro atoms. The molecule has 0 saturated carbocycles. The second kappa shape index (κ2) is 5.63. The number of hydrogen-bond acceptors (Lipinski definition) is 7. The van der Waals surface area contributed by atoms with Crippen LogP contribution in [0.4, 0.5) is 0 Å². The zero-order valence-electron chi connectivity index (χ0n) is 9.91. The zero-order valence-corrected chi connectivity index (χ0v) is 10.7. The molecular formula is C11H11N3O3S. The van der Waals surface area contributed by atoms with E-state index in [4.69, 9.17) is 9.15 Å². The minimum Gasteiger partial charge on any atom is -0.459 e. The maximum atomic E-state index is 11.3. The molecule has 7 heteroatoms. The summed E-state index contributed by atoms with van der Waals surface area (Å²) >= 11 is 1.27. The van der Waals surface area contributed by atoms with Crippen molar-refractivity contribution in [1.29, 1.82) is 0 Å². The summed E-state index contributed by atoms with van der Waals surface area (Å²) < 4.78 is 9.94. The largest absolute Gasteiger partial charge is 0.459 e. The molecule has 0 N–H and O–H groups in total. The van der Waals surface area contributed by atoms with Crippen LogP contribution in [-0.4, -0.2) is 27.8 Å². The highest BCUT2D eigenvalue weighted by molar-refractivity contribution is 7.99. The number of rotatable bonds is 4. The van der Waals surface area contributed by atoms with Crippen LogP contribution in [0.5, 0.6) is 0 Å². The number of ether oxygens (including phenoxy) is 1. The van der Waals surface area contributed by atoms with E-state index in [0.717, 1.165) is 10.6 Å². The molecule has 18 heavy (non-hydrogen) atoms. The number of carbonyl (C=O) groups excluding carboxylic acids is 1. The Hall–Kier alpha value is -1.89. The number of pyridine rings is 1. The molecule has 0 amide bonds. The Bertz CT molecular complexity index is 556. The van der Waals surface area contributed by atoms with Gasteiger partial charge in [0.25, 0.3) is 5.22 Å². The average molecular weight is 265 g/mol. The van der Waals surface area contributed by atoms with Crippen LogP contribution >= 0.6 is 11.8 Å². The molecule has 0 saturated heterocycles. The molecule has 0 fully saturated rings. The molecule has 0 aliphatic heterocycles. The van der Waals surface area contributed by atoms with Gasteiger partial charge in [0.05, 0.1) is 6.61 Å². The van der Waals surface area contributed by atoms with E-state index in [1.165, 1.54) is 11.8 Å².